The van der Waals surface area contributed by atoms with Crippen LogP contribution in [0, 0.1) is 10.1 Å². The van der Waals surface area contributed by atoms with Crippen LogP contribution in [0.4, 0.5) is 11.4 Å². The van der Waals surface area contributed by atoms with Gasteiger partial charge in [0, 0.05) is 17.3 Å². The van der Waals surface area contributed by atoms with Gasteiger partial charge in [-0.2, -0.15) is 0 Å². The fourth-order valence-electron chi connectivity index (χ4n) is 2.18. The number of anilines is 1. The van der Waals surface area contributed by atoms with E-state index in [9.17, 15) is 14.9 Å². The molecular weight excluding hydrogens is 324 g/mol. The Labute approximate surface area is 145 Å². The summed E-state index contributed by atoms with van der Waals surface area (Å²) in [6.07, 6.45) is 1.96. The first-order valence-corrected chi connectivity index (χ1v) is 7.91. The van der Waals surface area contributed by atoms with Gasteiger partial charge in [0.2, 0.25) is 0 Å². The minimum Gasteiger partial charge on any atom is -0.494 e. The van der Waals surface area contributed by atoms with E-state index in [-0.39, 0.29) is 17.3 Å². The molecule has 0 saturated carbocycles. The summed E-state index contributed by atoms with van der Waals surface area (Å²) in [4.78, 5) is 22.9. The molecule has 7 nitrogen and oxygen atoms in total. The maximum absolute atomic E-state index is 12.4. The van der Waals surface area contributed by atoms with E-state index in [1.807, 2.05) is 0 Å². The van der Waals surface area contributed by atoms with Crippen molar-refractivity contribution in [3.8, 4) is 11.5 Å². The number of ether oxygens (including phenoxy) is 2. The van der Waals surface area contributed by atoms with Crippen molar-refractivity contribution in [3.05, 3.63) is 58.1 Å². The molecule has 0 spiro atoms. The quantitative estimate of drug-likeness (QED) is 0.443. The van der Waals surface area contributed by atoms with Crippen molar-refractivity contribution in [2.45, 2.75) is 19.8 Å². The molecule has 0 atom stereocenters. The van der Waals surface area contributed by atoms with Crippen molar-refractivity contribution in [2.75, 3.05) is 19.0 Å². The molecule has 7 heteroatoms. The average Bonchev–Trinajstić information content (AvgIpc) is 2.62. The summed E-state index contributed by atoms with van der Waals surface area (Å²) in [5.41, 5.74) is 0.513. The van der Waals surface area contributed by atoms with Crippen LogP contribution in [0.1, 0.15) is 30.1 Å². The maximum Gasteiger partial charge on any atom is 0.312 e. The highest BCUT2D eigenvalue weighted by Crippen LogP contribution is 2.29. The third-order valence-corrected chi connectivity index (χ3v) is 3.50. The van der Waals surface area contributed by atoms with Gasteiger partial charge >= 0.3 is 5.69 Å². The highest BCUT2D eigenvalue weighted by molar-refractivity contribution is 6.04. The van der Waals surface area contributed by atoms with E-state index in [0.29, 0.717) is 23.6 Å². The number of amides is 1. The van der Waals surface area contributed by atoms with Gasteiger partial charge in [0.05, 0.1) is 18.6 Å². The molecule has 132 valence electrons. The second-order valence-corrected chi connectivity index (χ2v) is 5.33. The Balaban J connectivity index is 2.13. The first-order chi connectivity index (χ1) is 12.0. The molecule has 2 aromatic rings. The minimum atomic E-state index is -0.559. The van der Waals surface area contributed by atoms with Crippen molar-refractivity contribution in [2.24, 2.45) is 0 Å². The highest BCUT2D eigenvalue weighted by atomic mass is 16.6. The molecular formula is C18H20N2O5. The number of rotatable bonds is 8. The van der Waals surface area contributed by atoms with Crippen molar-refractivity contribution < 1.29 is 19.2 Å². The fraction of sp³-hybridized carbons (Fsp3) is 0.278. The molecule has 0 aliphatic rings. The van der Waals surface area contributed by atoms with Gasteiger partial charge < -0.3 is 14.8 Å². The zero-order valence-electron chi connectivity index (χ0n) is 14.2. The Morgan fingerprint density at radius 3 is 2.72 bits per heavy atom. The number of hydrogen-bond donors (Lipinski definition) is 1. The minimum absolute atomic E-state index is 0.134. The Bertz CT molecular complexity index is 761. The number of carbonyl (C=O) groups excluding carboxylic acids is 1. The van der Waals surface area contributed by atoms with Gasteiger partial charge in [-0.05, 0) is 36.8 Å². The number of unbranched alkanes of at least 4 members (excludes halogenated alkanes) is 1. The summed E-state index contributed by atoms with van der Waals surface area (Å²) in [6, 6.07) is 11.1. The fourth-order valence-corrected chi connectivity index (χ4v) is 2.18. The van der Waals surface area contributed by atoms with E-state index in [0.717, 1.165) is 12.8 Å². The predicted octanol–water partition coefficient (Wildman–Crippen LogP) is 4.03. The molecule has 0 fully saturated rings. The summed E-state index contributed by atoms with van der Waals surface area (Å²) in [6.45, 7) is 2.66. The molecule has 1 N–H and O–H groups in total. The zero-order valence-corrected chi connectivity index (χ0v) is 14.2. The number of carbonyl (C=O) groups is 1. The van der Waals surface area contributed by atoms with E-state index in [1.54, 1.807) is 30.3 Å². The Hall–Kier alpha value is -3.09. The van der Waals surface area contributed by atoms with Crippen LogP contribution in [0.25, 0.3) is 0 Å². The monoisotopic (exact) mass is 344 g/mol. The van der Waals surface area contributed by atoms with Crippen LogP contribution < -0.4 is 14.8 Å². The van der Waals surface area contributed by atoms with Gasteiger partial charge in [-0.25, -0.2) is 0 Å². The Morgan fingerprint density at radius 1 is 1.24 bits per heavy atom. The second-order valence-electron chi connectivity index (χ2n) is 5.33. The smallest absolute Gasteiger partial charge is 0.312 e. The normalized spacial score (nSPS) is 10.2. The number of hydrogen-bond acceptors (Lipinski definition) is 5. The molecule has 0 heterocycles. The predicted molar refractivity (Wildman–Crippen MR) is 94.4 cm³/mol. The lowest BCUT2D eigenvalue weighted by molar-refractivity contribution is -0.385. The molecule has 25 heavy (non-hydrogen) atoms. The van der Waals surface area contributed by atoms with E-state index in [2.05, 4.69) is 12.2 Å². The van der Waals surface area contributed by atoms with Crippen molar-refractivity contribution in [1.29, 1.82) is 0 Å². The van der Waals surface area contributed by atoms with Crippen LogP contribution in [0.2, 0.25) is 0 Å². The van der Waals surface area contributed by atoms with Crippen LogP contribution >= 0.6 is 0 Å². The molecule has 0 bridgehead atoms. The lowest BCUT2D eigenvalue weighted by Crippen LogP contribution is -2.12. The third-order valence-electron chi connectivity index (χ3n) is 3.50. The topological polar surface area (TPSA) is 90.7 Å². The standard InChI is InChI=1S/C18H20N2O5/c1-3-4-10-25-15-7-5-6-13(11-15)18(21)19-14-8-9-17(24-2)16(12-14)20(22)23/h5-9,11-12H,3-4,10H2,1-2H3,(H,19,21). The van der Waals surface area contributed by atoms with Gasteiger partial charge in [0.1, 0.15) is 5.75 Å². The Morgan fingerprint density at radius 2 is 2.04 bits per heavy atom. The molecule has 0 aromatic heterocycles. The molecule has 0 unspecified atom stereocenters. The molecule has 1 amide bonds. The van der Waals surface area contributed by atoms with Crippen LogP contribution in [0.5, 0.6) is 11.5 Å². The first kappa shape index (κ1) is 18.3. The molecule has 0 saturated heterocycles. The van der Waals surface area contributed by atoms with Crippen LogP contribution in [-0.4, -0.2) is 24.5 Å². The van der Waals surface area contributed by atoms with Crippen LogP contribution in [0.15, 0.2) is 42.5 Å². The van der Waals surface area contributed by atoms with Gasteiger partial charge in [-0.1, -0.05) is 19.4 Å². The number of nitrogens with one attached hydrogen (secondary N) is 1. The summed E-state index contributed by atoms with van der Waals surface area (Å²) < 4.78 is 10.5. The summed E-state index contributed by atoms with van der Waals surface area (Å²) >= 11 is 0. The number of methoxy groups -OCH3 is 1. The SMILES string of the molecule is CCCCOc1cccc(C(=O)Nc2ccc(OC)c([N+](=O)[O-])c2)c1. The number of benzene rings is 2. The summed E-state index contributed by atoms with van der Waals surface area (Å²) in [5.74, 6) is 0.372. The van der Waals surface area contributed by atoms with Gasteiger partial charge in [0.15, 0.2) is 5.75 Å². The van der Waals surface area contributed by atoms with Crippen molar-refractivity contribution in [1.82, 2.24) is 0 Å². The second kappa shape index (κ2) is 8.68. The van der Waals surface area contributed by atoms with Crippen molar-refractivity contribution in [3.63, 3.8) is 0 Å². The molecule has 0 aliphatic carbocycles. The third kappa shape index (κ3) is 4.94. The van der Waals surface area contributed by atoms with E-state index < -0.39 is 4.92 Å². The Kier molecular flexibility index (Phi) is 6.33. The largest absolute Gasteiger partial charge is 0.494 e. The van der Waals surface area contributed by atoms with Gasteiger partial charge in [-0.3, -0.25) is 14.9 Å². The van der Waals surface area contributed by atoms with Gasteiger partial charge in [-0.15, -0.1) is 0 Å². The first-order valence-electron chi connectivity index (χ1n) is 7.91. The van der Waals surface area contributed by atoms with E-state index in [1.165, 1.54) is 19.2 Å². The summed E-state index contributed by atoms with van der Waals surface area (Å²) in [7, 11) is 1.35. The molecule has 2 aromatic carbocycles. The van der Waals surface area contributed by atoms with Crippen molar-refractivity contribution >= 4 is 17.3 Å². The number of nitro benzene ring substituents is 1. The molecule has 0 radical (unpaired) electrons. The lowest BCUT2D eigenvalue weighted by atomic mass is 10.2. The lowest BCUT2D eigenvalue weighted by Gasteiger charge is -2.09. The maximum atomic E-state index is 12.4. The van der Waals surface area contributed by atoms with Gasteiger partial charge in [0.25, 0.3) is 5.91 Å². The average molecular weight is 344 g/mol. The molecule has 0 aliphatic heterocycles. The molecule has 2 rings (SSSR count). The summed E-state index contributed by atoms with van der Waals surface area (Å²) in [5, 5.41) is 13.7. The highest BCUT2D eigenvalue weighted by Gasteiger charge is 2.16. The van der Waals surface area contributed by atoms with E-state index in [4.69, 9.17) is 9.47 Å². The number of nitro groups is 1. The number of nitrogens with zero attached hydrogens (tertiary/aromatic N) is 1. The van der Waals surface area contributed by atoms with Crippen LogP contribution in [0.3, 0.4) is 0 Å². The van der Waals surface area contributed by atoms with E-state index >= 15 is 0 Å². The zero-order chi connectivity index (χ0) is 18.2. The van der Waals surface area contributed by atoms with Crippen LogP contribution in [-0.2, 0) is 0 Å².